The number of rotatable bonds is 3. The molecule has 0 saturated heterocycles. The first-order chi connectivity index (χ1) is 10.5. The minimum atomic E-state index is -4.77. The van der Waals surface area contributed by atoms with Gasteiger partial charge in [-0.3, -0.25) is 5.41 Å². The van der Waals surface area contributed by atoms with Gasteiger partial charge in [0.25, 0.3) is 0 Å². The van der Waals surface area contributed by atoms with Crippen molar-refractivity contribution >= 4 is 31.4 Å². The molecule has 0 fully saturated rings. The summed E-state index contributed by atoms with van der Waals surface area (Å²) < 4.78 is 66.4. The molecule has 1 aliphatic heterocycles. The summed E-state index contributed by atoms with van der Waals surface area (Å²) in [5.74, 6) is -0.398. The molecule has 23 heavy (non-hydrogen) atoms. The van der Waals surface area contributed by atoms with Gasteiger partial charge in [-0.15, -0.1) is 13.2 Å². The van der Waals surface area contributed by atoms with Crippen LogP contribution in [0.25, 0.3) is 10.2 Å². The fourth-order valence-corrected chi connectivity index (χ4v) is 5.00. The van der Waals surface area contributed by atoms with Crippen molar-refractivity contribution in [1.82, 2.24) is 4.57 Å². The van der Waals surface area contributed by atoms with Crippen LogP contribution in [-0.4, -0.2) is 31.4 Å². The Morgan fingerprint density at radius 1 is 1.43 bits per heavy atom. The lowest BCUT2D eigenvalue weighted by molar-refractivity contribution is -0.274. The van der Waals surface area contributed by atoms with E-state index < -0.39 is 16.2 Å². The molecular formula is C13H13F3N2O3S2. The Balaban J connectivity index is 2.12. The molecule has 2 heterocycles. The molecule has 126 valence electrons. The molecule has 1 aromatic heterocycles. The molecule has 1 atom stereocenters. The smallest absolute Gasteiger partial charge is 0.406 e. The lowest BCUT2D eigenvalue weighted by Crippen LogP contribution is -2.29. The van der Waals surface area contributed by atoms with E-state index in [2.05, 4.69) is 4.74 Å². The maximum Gasteiger partial charge on any atom is 0.573 e. The van der Waals surface area contributed by atoms with Gasteiger partial charge in [0.15, 0.2) is 4.80 Å². The van der Waals surface area contributed by atoms with Crippen molar-refractivity contribution in [2.75, 3.05) is 12.0 Å². The molecule has 10 heteroatoms. The molecular weight excluding hydrogens is 353 g/mol. The molecule has 2 aromatic rings. The van der Waals surface area contributed by atoms with E-state index in [0.29, 0.717) is 28.6 Å². The predicted molar refractivity (Wildman–Crippen MR) is 79.4 cm³/mol. The van der Waals surface area contributed by atoms with Crippen LogP contribution in [-0.2, 0) is 16.3 Å². The van der Waals surface area contributed by atoms with Crippen molar-refractivity contribution in [3.05, 3.63) is 22.5 Å². The third-order valence-electron chi connectivity index (χ3n) is 3.63. The Labute approximate surface area is 133 Å². The zero-order valence-corrected chi connectivity index (χ0v) is 13.6. The summed E-state index contributed by atoms with van der Waals surface area (Å²) in [6.07, 6.45) is -2.73. The number of nitrogens with zero attached hydrogens (tertiary/aromatic N) is 1. The number of thiazole rings is 1. The Bertz CT molecular complexity index is 928. The van der Waals surface area contributed by atoms with Crippen LogP contribution in [0.2, 0.25) is 0 Å². The van der Waals surface area contributed by atoms with Crippen molar-refractivity contribution in [1.29, 1.82) is 5.41 Å². The summed E-state index contributed by atoms with van der Waals surface area (Å²) >= 11 is 1.01. The minimum Gasteiger partial charge on any atom is -0.406 e. The lowest BCUT2D eigenvalue weighted by Gasteiger charge is -2.25. The molecule has 1 aromatic carbocycles. The average Bonchev–Trinajstić information content (AvgIpc) is 2.67. The zero-order valence-electron chi connectivity index (χ0n) is 12.0. The van der Waals surface area contributed by atoms with Crippen LogP contribution in [0.3, 0.4) is 0 Å². The van der Waals surface area contributed by atoms with Gasteiger partial charge < -0.3 is 9.30 Å². The molecule has 1 unspecified atom stereocenters. The number of hydrogen-bond donors (Lipinski definition) is 1. The van der Waals surface area contributed by atoms with Crippen molar-refractivity contribution in [2.45, 2.75) is 25.2 Å². The van der Waals surface area contributed by atoms with Crippen molar-refractivity contribution in [3.63, 3.8) is 0 Å². The number of hydrogen-bond acceptors (Lipinski definition) is 5. The fraction of sp³-hybridized carbons (Fsp3) is 0.462. The van der Waals surface area contributed by atoms with E-state index in [0.717, 1.165) is 17.6 Å². The molecule has 3 rings (SSSR count). The van der Waals surface area contributed by atoms with Gasteiger partial charge in [0.05, 0.1) is 22.0 Å². The van der Waals surface area contributed by atoms with E-state index >= 15 is 0 Å². The molecule has 0 saturated carbocycles. The second-order valence-electron chi connectivity index (χ2n) is 5.54. The van der Waals surface area contributed by atoms with Crippen LogP contribution in [0.15, 0.2) is 12.1 Å². The molecule has 0 aliphatic carbocycles. The largest absolute Gasteiger partial charge is 0.573 e. The van der Waals surface area contributed by atoms with Crippen LogP contribution in [0, 0.1) is 5.41 Å². The van der Waals surface area contributed by atoms with Gasteiger partial charge in [0, 0.05) is 6.26 Å². The highest BCUT2D eigenvalue weighted by Crippen LogP contribution is 2.36. The first kappa shape index (κ1) is 16.3. The van der Waals surface area contributed by atoms with E-state index in [1.54, 1.807) is 4.57 Å². The van der Waals surface area contributed by atoms with Crippen molar-refractivity contribution in [2.24, 2.45) is 0 Å². The van der Waals surface area contributed by atoms with Crippen LogP contribution in [0.5, 0.6) is 5.75 Å². The van der Waals surface area contributed by atoms with Gasteiger partial charge >= 0.3 is 6.36 Å². The van der Waals surface area contributed by atoms with Crippen LogP contribution in [0.1, 0.15) is 18.0 Å². The molecule has 0 radical (unpaired) electrons. The summed E-state index contributed by atoms with van der Waals surface area (Å²) in [6.45, 7) is 0. The highest BCUT2D eigenvalue weighted by Gasteiger charge is 2.33. The summed E-state index contributed by atoms with van der Waals surface area (Å²) in [5, 5.41) is 8.04. The van der Waals surface area contributed by atoms with Crippen molar-refractivity contribution in [3.8, 4) is 5.75 Å². The van der Waals surface area contributed by atoms with Crippen LogP contribution < -0.4 is 9.54 Å². The van der Waals surface area contributed by atoms with Crippen LogP contribution in [0.4, 0.5) is 13.2 Å². The van der Waals surface area contributed by atoms with E-state index in [-0.39, 0.29) is 22.3 Å². The Kier molecular flexibility index (Phi) is 3.71. The number of nitrogens with one attached hydrogen (secondary N) is 1. The van der Waals surface area contributed by atoms with E-state index in [4.69, 9.17) is 5.41 Å². The Hall–Kier alpha value is -1.55. The number of ether oxygens (including phenoxy) is 1. The van der Waals surface area contributed by atoms with Crippen LogP contribution >= 0.6 is 11.3 Å². The van der Waals surface area contributed by atoms with Gasteiger partial charge in [-0.05, 0) is 30.5 Å². The zero-order chi connectivity index (χ0) is 17.0. The monoisotopic (exact) mass is 366 g/mol. The first-order valence-electron chi connectivity index (χ1n) is 6.69. The SMILES string of the molecule is CS(=O)(=O)CC1CCc2cc(OC(F)(F)F)cc3sc(=N)n1c23. The molecule has 1 N–H and O–H groups in total. The number of sulfone groups is 1. The highest BCUT2D eigenvalue weighted by atomic mass is 32.2. The van der Waals surface area contributed by atoms with E-state index in [1.807, 2.05) is 0 Å². The fourth-order valence-electron chi connectivity index (χ4n) is 2.93. The molecule has 1 aliphatic rings. The first-order valence-corrected chi connectivity index (χ1v) is 9.57. The molecule has 0 amide bonds. The molecule has 0 bridgehead atoms. The average molecular weight is 366 g/mol. The minimum absolute atomic E-state index is 0.0877. The lowest BCUT2D eigenvalue weighted by atomic mass is 10.00. The standard InChI is InChI=1S/C13H13F3N2O3S2/c1-23(19,20)6-8-3-2-7-4-9(21-13(14,15)16)5-10-11(7)18(8)12(17)22-10/h4-5,8,17H,2-3,6H2,1H3. The van der Waals surface area contributed by atoms with Gasteiger partial charge in [-0.25, -0.2) is 8.42 Å². The van der Waals surface area contributed by atoms with Gasteiger partial charge in [-0.1, -0.05) is 11.3 Å². The molecule has 0 spiro atoms. The Morgan fingerprint density at radius 3 is 2.74 bits per heavy atom. The number of aromatic nitrogens is 1. The van der Waals surface area contributed by atoms with Gasteiger partial charge in [0.2, 0.25) is 0 Å². The van der Waals surface area contributed by atoms with Crippen molar-refractivity contribution < 1.29 is 26.3 Å². The maximum atomic E-state index is 12.4. The second-order valence-corrected chi connectivity index (χ2v) is 8.75. The predicted octanol–water partition coefficient (Wildman–Crippen LogP) is 2.61. The number of benzene rings is 1. The summed E-state index contributed by atoms with van der Waals surface area (Å²) in [6, 6.07) is 2.19. The quantitative estimate of drug-likeness (QED) is 0.908. The van der Waals surface area contributed by atoms with E-state index in [9.17, 15) is 21.6 Å². The second kappa shape index (κ2) is 5.23. The third-order valence-corrected chi connectivity index (χ3v) is 5.55. The topological polar surface area (TPSA) is 72.2 Å². The Morgan fingerprint density at radius 2 is 2.13 bits per heavy atom. The summed E-state index contributed by atoms with van der Waals surface area (Å²) in [7, 11) is -3.22. The number of aryl methyl sites for hydroxylation is 1. The third kappa shape index (κ3) is 3.37. The normalized spacial score (nSPS) is 18.3. The van der Waals surface area contributed by atoms with Gasteiger partial charge in [-0.2, -0.15) is 0 Å². The maximum absolute atomic E-state index is 12.4. The molecule has 5 nitrogen and oxygen atoms in total. The number of alkyl halides is 3. The highest BCUT2D eigenvalue weighted by molar-refractivity contribution is 7.90. The number of halogens is 3. The van der Waals surface area contributed by atoms with E-state index in [1.165, 1.54) is 12.1 Å². The van der Waals surface area contributed by atoms with Gasteiger partial charge in [0.1, 0.15) is 15.6 Å². The summed E-state index contributed by atoms with van der Waals surface area (Å²) in [4.78, 5) is 0.124. The summed E-state index contributed by atoms with van der Waals surface area (Å²) in [5.41, 5.74) is 1.27.